The number of hydrogen-bond acceptors (Lipinski definition) is 3. The summed E-state index contributed by atoms with van der Waals surface area (Å²) in [5.74, 6) is 0. The molecule has 0 radical (unpaired) electrons. The summed E-state index contributed by atoms with van der Waals surface area (Å²) in [5, 5.41) is 9.06. The van der Waals surface area contributed by atoms with E-state index in [0.717, 1.165) is 23.9 Å². The molecule has 1 aromatic heterocycles. The van der Waals surface area contributed by atoms with Crippen LogP contribution in [0, 0.1) is 6.92 Å². The molecule has 1 aromatic carbocycles. The van der Waals surface area contributed by atoms with Crippen molar-refractivity contribution in [2.24, 2.45) is 5.73 Å². The number of nitrogens with two attached hydrogens (primary N) is 1. The van der Waals surface area contributed by atoms with Gasteiger partial charge in [0.25, 0.3) is 0 Å². The molecule has 32 heavy (non-hydrogen) atoms. The third-order valence-corrected chi connectivity index (χ3v) is 7.03. The summed E-state index contributed by atoms with van der Waals surface area (Å²) in [7, 11) is 0. The van der Waals surface area contributed by atoms with Gasteiger partial charge in [-0.25, -0.2) is 4.68 Å². The highest BCUT2D eigenvalue weighted by molar-refractivity contribution is 5.77. The van der Waals surface area contributed by atoms with Crippen molar-refractivity contribution in [3.63, 3.8) is 0 Å². The summed E-state index contributed by atoms with van der Waals surface area (Å²) < 4.78 is 2.05. The van der Waals surface area contributed by atoms with Crippen molar-refractivity contribution in [1.29, 1.82) is 0 Å². The molecule has 0 aliphatic rings. The summed E-state index contributed by atoms with van der Waals surface area (Å²) in [6.07, 6.45) is 23.2. The molecule has 4 nitrogen and oxygen atoms in total. The van der Waals surface area contributed by atoms with Gasteiger partial charge in [-0.2, -0.15) is 0 Å². The van der Waals surface area contributed by atoms with Crippen LogP contribution >= 0.6 is 0 Å². The monoisotopic (exact) mass is 442 g/mol. The molecule has 0 unspecified atom stereocenters. The number of fused-ring (bicyclic) bond motifs is 1. The average Bonchev–Trinajstić information content (AvgIpc) is 3.24. The van der Waals surface area contributed by atoms with Gasteiger partial charge in [-0.05, 0) is 44.2 Å². The van der Waals surface area contributed by atoms with E-state index in [4.69, 9.17) is 5.73 Å². The molecule has 4 heteroatoms. The van der Waals surface area contributed by atoms with Crippen LogP contribution in [-0.4, -0.2) is 15.0 Å². The van der Waals surface area contributed by atoms with E-state index >= 15 is 0 Å². The van der Waals surface area contributed by atoms with Crippen LogP contribution in [0.1, 0.15) is 135 Å². The Morgan fingerprint density at radius 2 is 1.19 bits per heavy atom. The number of benzene rings is 1. The summed E-state index contributed by atoms with van der Waals surface area (Å²) in [6, 6.07) is 6.34. The zero-order valence-corrected chi connectivity index (χ0v) is 21.4. The molecule has 0 spiro atoms. The number of unbranched alkanes of at least 4 members (excludes halogenated alkanes) is 14. The summed E-state index contributed by atoms with van der Waals surface area (Å²) >= 11 is 0. The van der Waals surface area contributed by atoms with Gasteiger partial charge in [0, 0.05) is 0 Å². The Hall–Kier alpha value is -1.42. The van der Waals surface area contributed by atoms with Crippen molar-refractivity contribution < 1.29 is 0 Å². The summed E-state index contributed by atoms with van der Waals surface area (Å²) in [4.78, 5) is 0. The van der Waals surface area contributed by atoms with E-state index in [1.165, 1.54) is 108 Å². The maximum Gasteiger partial charge on any atom is 0.116 e. The van der Waals surface area contributed by atoms with Crippen LogP contribution in [0.15, 0.2) is 18.2 Å². The van der Waals surface area contributed by atoms with Crippen molar-refractivity contribution >= 4 is 11.0 Å². The highest BCUT2D eigenvalue weighted by Gasteiger charge is 2.29. The lowest BCUT2D eigenvalue weighted by molar-refractivity contribution is 0.212. The molecular weight excluding hydrogens is 392 g/mol. The van der Waals surface area contributed by atoms with Gasteiger partial charge in [-0.15, -0.1) is 5.10 Å². The third-order valence-electron chi connectivity index (χ3n) is 7.03. The van der Waals surface area contributed by atoms with Gasteiger partial charge in [0.15, 0.2) is 0 Å². The standard InChI is InChI=1S/C28H50N4/c1-4-6-8-10-12-14-16-18-23-28(29,24-19-17-15-13-11-9-7-5-2)32-26-22-20-21-25(3)27(26)30-31-32/h20-22H,4-19,23-24,29H2,1-3H3. The maximum absolute atomic E-state index is 7.10. The first-order valence-electron chi connectivity index (χ1n) is 13.7. The normalized spacial score (nSPS) is 12.1. The van der Waals surface area contributed by atoms with Crippen molar-refractivity contribution in [3.8, 4) is 0 Å². The Balaban J connectivity index is 1.89. The zero-order valence-electron chi connectivity index (χ0n) is 21.4. The number of nitrogens with zero attached hydrogens (tertiary/aromatic N) is 3. The Bertz CT molecular complexity index is 716. The smallest absolute Gasteiger partial charge is 0.116 e. The Kier molecular flexibility index (Phi) is 12.9. The highest BCUT2D eigenvalue weighted by atomic mass is 15.5. The molecule has 0 atom stereocenters. The second kappa shape index (κ2) is 15.4. The predicted molar refractivity (Wildman–Crippen MR) is 139 cm³/mol. The summed E-state index contributed by atoms with van der Waals surface area (Å²) in [6.45, 7) is 6.67. The van der Waals surface area contributed by atoms with E-state index < -0.39 is 5.66 Å². The topological polar surface area (TPSA) is 56.7 Å². The fourth-order valence-corrected chi connectivity index (χ4v) is 4.88. The van der Waals surface area contributed by atoms with Crippen LogP contribution in [0.3, 0.4) is 0 Å². The van der Waals surface area contributed by atoms with Gasteiger partial charge in [-0.1, -0.05) is 121 Å². The van der Waals surface area contributed by atoms with Crippen LogP contribution in [-0.2, 0) is 5.66 Å². The van der Waals surface area contributed by atoms with E-state index in [2.05, 4.69) is 54.0 Å². The first-order valence-corrected chi connectivity index (χ1v) is 13.7. The van der Waals surface area contributed by atoms with Crippen molar-refractivity contribution in [2.45, 2.75) is 142 Å². The van der Waals surface area contributed by atoms with Crippen LogP contribution < -0.4 is 5.73 Å². The van der Waals surface area contributed by atoms with Gasteiger partial charge in [-0.3, -0.25) is 0 Å². The van der Waals surface area contributed by atoms with Crippen LogP contribution in [0.4, 0.5) is 0 Å². The molecule has 0 saturated heterocycles. The minimum atomic E-state index is -0.424. The Labute approximate surface area is 197 Å². The second-order valence-electron chi connectivity index (χ2n) is 10.00. The highest BCUT2D eigenvalue weighted by Crippen LogP contribution is 2.29. The van der Waals surface area contributed by atoms with E-state index in [9.17, 15) is 0 Å². The number of hydrogen-bond donors (Lipinski definition) is 1. The Morgan fingerprint density at radius 1 is 0.719 bits per heavy atom. The minimum Gasteiger partial charge on any atom is -0.307 e. The van der Waals surface area contributed by atoms with Crippen LogP contribution in [0.2, 0.25) is 0 Å². The molecule has 2 aromatic rings. The van der Waals surface area contributed by atoms with Crippen molar-refractivity contribution in [1.82, 2.24) is 15.0 Å². The first kappa shape index (κ1) is 26.8. The van der Waals surface area contributed by atoms with E-state index in [0.29, 0.717) is 0 Å². The molecule has 0 aliphatic heterocycles. The molecule has 0 amide bonds. The molecule has 2 rings (SSSR count). The van der Waals surface area contributed by atoms with Crippen LogP contribution in [0.5, 0.6) is 0 Å². The Morgan fingerprint density at radius 3 is 1.69 bits per heavy atom. The van der Waals surface area contributed by atoms with Gasteiger partial charge < -0.3 is 5.73 Å². The maximum atomic E-state index is 7.10. The van der Waals surface area contributed by atoms with E-state index in [-0.39, 0.29) is 0 Å². The molecule has 0 bridgehead atoms. The largest absolute Gasteiger partial charge is 0.307 e. The van der Waals surface area contributed by atoms with Crippen molar-refractivity contribution in [3.05, 3.63) is 23.8 Å². The fourth-order valence-electron chi connectivity index (χ4n) is 4.88. The number of rotatable bonds is 19. The molecule has 0 saturated carbocycles. The lowest BCUT2D eigenvalue weighted by atomic mass is 9.94. The lowest BCUT2D eigenvalue weighted by Crippen LogP contribution is -2.44. The van der Waals surface area contributed by atoms with E-state index in [1.54, 1.807) is 0 Å². The van der Waals surface area contributed by atoms with Gasteiger partial charge in [0.05, 0.1) is 5.52 Å². The molecule has 0 fully saturated rings. The first-order chi connectivity index (χ1) is 15.6. The predicted octanol–water partition coefficient (Wildman–Crippen LogP) is 8.41. The lowest BCUT2D eigenvalue weighted by Gasteiger charge is -2.30. The number of aryl methyl sites for hydroxylation is 1. The van der Waals surface area contributed by atoms with E-state index in [1.807, 2.05) is 0 Å². The molecule has 0 aliphatic carbocycles. The SMILES string of the molecule is CCCCCCCCCCC(N)(CCCCCCCCCC)n1nnc2c(C)cccc21. The minimum absolute atomic E-state index is 0.424. The molecule has 182 valence electrons. The molecule has 1 heterocycles. The van der Waals surface area contributed by atoms with Gasteiger partial charge in [0.2, 0.25) is 0 Å². The second-order valence-corrected chi connectivity index (χ2v) is 10.00. The van der Waals surface area contributed by atoms with Gasteiger partial charge in [0.1, 0.15) is 11.2 Å². The molecule has 2 N–H and O–H groups in total. The summed E-state index contributed by atoms with van der Waals surface area (Å²) in [5.41, 5.74) is 9.94. The third kappa shape index (κ3) is 8.84. The number of aromatic nitrogens is 3. The van der Waals surface area contributed by atoms with Gasteiger partial charge >= 0.3 is 0 Å². The zero-order chi connectivity index (χ0) is 23.1. The van der Waals surface area contributed by atoms with Crippen LogP contribution in [0.25, 0.3) is 11.0 Å². The fraction of sp³-hybridized carbons (Fsp3) is 0.786. The van der Waals surface area contributed by atoms with Crippen molar-refractivity contribution in [2.75, 3.05) is 0 Å². The molecular formula is C28H50N4. The average molecular weight is 443 g/mol. The quantitative estimate of drug-likeness (QED) is 0.222.